The van der Waals surface area contributed by atoms with Crippen molar-refractivity contribution in [2.75, 3.05) is 46.3 Å². The number of nitrogens with one attached hydrogen (secondary N) is 2. The Kier molecular flexibility index (Phi) is 7.38. The van der Waals surface area contributed by atoms with Gasteiger partial charge in [-0.25, -0.2) is 4.79 Å². The second-order valence-corrected chi connectivity index (χ2v) is 9.98. The zero-order chi connectivity index (χ0) is 26.7. The van der Waals surface area contributed by atoms with Gasteiger partial charge < -0.3 is 34.1 Å². The lowest BCUT2D eigenvalue weighted by Crippen LogP contribution is -2.42. The summed E-state index contributed by atoms with van der Waals surface area (Å²) in [6.45, 7) is 7.58. The van der Waals surface area contributed by atoms with Gasteiger partial charge in [0.25, 0.3) is 0 Å². The average Bonchev–Trinajstić information content (AvgIpc) is 3.45. The lowest BCUT2D eigenvalue weighted by molar-refractivity contribution is 0.0188. The van der Waals surface area contributed by atoms with Crippen molar-refractivity contribution in [3.8, 4) is 34.6 Å². The first-order chi connectivity index (χ1) is 17.7. The Hall–Kier alpha value is -4.07. The first-order valence-electron chi connectivity index (χ1n) is 12.2. The fourth-order valence-electron chi connectivity index (χ4n) is 4.49. The van der Waals surface area contributed by atoms with E-state index >= 15 is 0 Å². The summed E-state index contributed by atoms with van der Waals surface area (Å²) < 4.78 is 23.8. The number of imidazole rings is 1. The number of carbonyl (C=O) groups is 1. The van der Waals surface area contributed by atoms with Crippen LogP contribution in [0.15, 0.2) is 18.3 Å². The Morgan fingerprint density at radius 1 is 1.16 bits per heavy atom. The number of aromatic nitrogens is 3. The number of aromatic amines is 1. The van der Waals surface area contributed by atoms with Crippen LogP contribution in [-0.2, 0) is 4.74 Å². The minimum atomic E-state index is -0.510. The number of hydrogen-bond donors (Lipinski definition) is 2. The second kappa shape index (κ2) is 10.5. The molecule has 1 fully saturated rings. The molecular weight excluding hydrogens is 476 g/mol. The lowest BCUT2D eigenvalue weighted by atomic mass is 9.97. The molecule has 0 radical (unpaired) electrons. The topological polar surface area (TPSA) is 126 Å². The molecule has 1 aliphatic heterocycles. The van der Waals surface area contributed by atoms with Gasteiger partial charge >= 0.3 is 6.09 Å². The summed E-state index contributed by atoms with van der Waals surface area (Å²) in [5, 5.41) is 17.5. The summed E-state index contributed by atoms with van der Waals surface area (Å²) in [5.74, 6) is 2.60. The van der Waals surface area contributed by atoms with E-state index in [0.29, 0.717) is 54.0 Å². The summed E-state index contributed by atoms with van der Waals surface area (Å²) >= 11 is 0. The number of nitriles is 1. The van der Waals surface area contributed by atoms with Crippen LogP contribution in [0.25, 0.3) is 16.9 Å². The molecule has 3 aromatic rings. The van der Waals surface area contributed by atoms with Crippen molar-refractivity contribution in [2.45, 2.75) is 39.2 Å². The predicted octanol–water partition coefficient (Wildman–Crippen LogP) is 4.29. The highest BCUT2D eigenvalue weighted by Crippen LogP contribution is 2.42. The zero-order valence-corrected chi connectivity index (χ0v) is 22.2. The van der Waals surface area contributed by atoms with Gasteiger partial charge in [0.15, 0.2) is 23.0 Å². The van der Waals surface area contributed by atoms with Gasteiger partial charge in [0.1, 0.15) is 17.2 Å². The monoisotopic (exact) mass is 510 g/mol. The number of methoxy groups -OCH3 is 3. The van der Waals surface area contributed by atoms with Crippen LogP contribution in [0.4, 0.5) is 10.6 Å². The summed E-state index contributed by atoms with van der Waals surface area (Å²) in [4.78, 5) is 17.5. The summed E-state index contributed by atoms with van der Waals surface area (Å²) in [6.07, 6.45) is 2.97. The molecule has 0 unspecified atom stereocenters. The van der Waals surface area contributed by atoms with E-state index in [1.165, 1.54) is 6.20 Å². The molecule has 37 heavy (non-hydrogen) atoms. The normalized spacial score (nSPS) is 14.4. The molecule has 3 heterocycles. The Bertz CT molecular complexity index is 1280. The molecule has 0 bridgehead atoms. The van der Waals surface area contributed by atoms with Gasteiger partial charge in [-0.3, -0.25) is 0 Å². The van der Waals surface area contributed by atoms with Crippen LogP contribution >= 0.6 is 0 Å². The van der Waals surface area contributed by atoms with Crippen LogP contribution in [0.1, 0.15) is 39.2 Å². The van der Waals surface area contributed by atoms with E-state index in [0.717, 1.165) is 29.9 Å². The number of hydrogen-bond acceptors (Lipinski definition) is 8. The number of carbonyl (C=O) groups excluding carboxylic acids is 1. The van der Waals surface area contributed by atoms with Crippen LogP contribution in [0.5, 0.6) is 17.2 Å². The number of rotatable bonds is 7. The standard InChI is InChI=1S/C26H34N6O5/c1-26(2,3)37-25(33)31-9-7-16(8-10-31)14-28-24-21(30-23-18(13-27)15-29-32(23)24)17-11-19(34-4)22(36-6)20(12-17)35-5/h11-12,15-16,28,30H,7-10,14H2,1-6H3. The van der Waals surface area contributed by atoms with E-state index in [2.05, 4.69) is 21.5 Å². The van der Waals surface area contributed by atoms with E-state index in [4.69, 9.17) is 18.9 Å². The number of fused-ring (bicyclic) bond motifs is 1. The fourth-order valence-corrected chi connectivity index (χ4v) is 4.49. The van der Waals surface area contributed by atoms with Crippen molar-refractivity contribution >= 4 is 17.6 Å². The smallest absolute Gasteiger partial charge is 0.410 e. The average molecular weight is 511 g/mol. The third-order valence-electron chi connectivity index (χ3n) is 6.36. The quantitative estimate of drug-likeness (QED) is 0.482. The van der Waals surface area contributed by atoms with Gasteiger partial charge in [-0.2, -0.15) is 14.9 Å². The molecule has 0 spiro atoms. The van der Waals surface area contributed by atoms with Crippen molar-refractivity contribution < 1.29 is 23.7 Å². The Labute approximate surface area is 216 Å². The Balaban J connectivity index is 1.58. The number of amides is 1. The first-order valence-corrected chi connectivity index (χ1v) is 12.2. The molecule has 1 aromatic carbocycles. The maximum absolute atomic E-state index is 12.4. The van der Waals surface area contributed by atoms with Gasteiger partial charge in [0.2, 0.25) is 5.75 Å². The molecule has 11 nitrogen and oxygen atoms in total. The molecule has 2 N–H and O–H groups in total. The highest BCUT2D eigenvalue weighted by molar-refractivity contribution is 5.80. The van der Waals surface area contributed by atoms with Crippen molar-refractivity contribution in [3.63, 3.8) is 0 Å². The SMILES string of the molecule is COc1cc(-c2[nH]c3c(C#N)cnn3c2NCC2CCN(C(=O)OC(C)(C)C)CC2)cc(OC)c1OC. The molecule has 198 valence electrons. The molecule has 0 atom stereocenters. The third-order valence-corrected chi connectivity index (χ3v) is 6.36. The van der Waals surface area contributed by atoms with Gasteiger partial charge in [-0.15, -0.1) is 0 Å². The summed E-state index contributed by atoms with van der Waals surface area (Å²) in [5.41, 5.74) is 2.04. The molecule has 11 heteroatoms. The maximum Gasteiger partial charge on any atom is 0.410 e. The van der Waals surface area contributed by atoms with Gasteiger partial charge in [-0.1, -0.05) is 0 Å². The summed E-state index contributed by atoms with van der Waals surface area (Å²) in [7, 11) is 4.70. The van der Waals surface area contributed by atoms with Crippen LogP contribution < -0.4 is 19.5 Å². The van der Waals surface area contributed by atoms with E-state index in [-0.39, 0.29) is 6.09 Å². The van der Waals surface area contributed by atoms with Gasteiger partial charge in [0.05, 0.1) is 33.2 Å². The molecular formula is C26H34N6O5. The highest BCUT2D eigenvalue weighted by atomic mass is 16.6. The van der Waals surface area contributed by atoms with Crippen LogP contribution in [0, 0.1) is 17.2 Å². The van der Waals surface area contributed by atoms with Crippen molar-refractivity contribution in [3.05, 3.63) is 23.9 Å². The number of benzene rings is 1. The van der Waals surface area contributed by atoms with Gasteiger partial charge in [0, 0.05) is 25.2 Å². The first kappa shape index (κ1) is 26.0. The maximum atomic E-state index is 12.4. The van der Waals surface area contributed by atoms with E-state index in [1.807, 2.05) is 32.9 Å². The summed E-state index contributed by atoms with van der Waals surface area (Å²) in [6, 6.07) is 5.88. The van der Waals surface area contributed by atoms with Crippen LogP contribution in [-0.4, -0.2) is 72.2 Å². The number of ether oxygens (including phenoxy) is 4. The predicted molar refractivity (Wildman–Crippen MR) is 138 cm³/mol. The number of anilines is 1. The van der Waals surface area contributed by atoms with Crippen LogP contribution in [0.3, 0.4) is 0 Å². The molecule has 0 aliphatic carbocycles. The molecule has 0 saturated carbocycles. The molecule has 1 aliphatic rings. The van der Waals surface area contributed by atoms with Crippen molar-refractivity contribution in [1.82, 2.24) is 19.5 Å². The number of nitrogens with zero attached hydrogens (tertiary/aromatic N) is 4. The van der Waals surface area contributed by atoms with Gasteiger partial charge in [-0.05, 0) is 51.7 Å². The van der Waals surface area contributed by atoms with Crippen molar-refractivity contribution in [2.24, 2.45) is 5.92 Å². The lowest BCUT2D eigenvalue weighted by Gasteiger charge is -2.33. The number of piperidine rings is 1. The van der Waals surface area contributed by atoms with E-state index in [9.17, 15) is 10.1 Å². The largest absolute Gasteiger partial charge is 0.493 e. The van der Waals surface area contributed by atoms with E-state index < -0.39 is 5.60 Å². The molecule has 1 saturated heterocycles. The van der Waals surface area contributed by atoms with E-state index in [1.54, 1.807) is 30.7 Å². The number of likely N-dealkylation sites (tertiary alicyclic amines) is 1. The number of H-pyrrole nitrogens is 1. The molecule has 1 amide bonds. The van der Waals surface area contributed by atoms with Crippen LogP contribution in [0.2, 0.25) is 0 Å². The fraction of sp³-hybridized carbons (Fsp3) is 0.500. The van der Waals surface area contributed by atoms with Crippen molar-refractivity contribution in [1.29, 1.82) is 5.26 Å². The minimum absolute atomic E-state index is 0.267. The molecule has 4 rings (SSSR count). The second-order valence-electron chi connectivity index (χ2n) is 9.98. The Morgan fingerprint density at radius 2 is 1.81 bits per heavy atom. The third kappa shape index (κ3) is 5.38. The molecule has 2 aromatic heterocycles. The highest BCUT2D eigenvalue weighted by Gasteiger charge is 2.28. The minimum Gasteiger partial charge on any atom is -0.493 e. The zero-order valence-electron chi connectivity index (χ0n) is 22.2. The Morgan fingerprint density at radius 3 is 2.35 bits per heavy atom.